The molecule has 6 heteroatoms. The zero-order valence-corrected chi connectivity index (χ0v) is 15.3. The Hall–Kier alpha value is -3.02. The van der Waals surface area contributed by atoms with Gasteiger partial charge in [-0.05, 0) is 37.5 Å². The van der Waals surface area contributed by atoms with Crippen LogP contribution in [-0.2, 0) is 0 Å². The van der Waals surface area contributed by atoms with Gasteiger partial charge in [-0.3, -0.25) is 9.78 Å². The van der Waals surface area contributed by atoms with Crippen LogP contribution in [0.5, 0.6) is 5.88 Å². The van der Waals surface area contributed by atoms with Gasteiger partial charge in [0.2, 0.25) is 5.88 Å². The second-order valence-corrected chi connectivity index (χ2v) is 7.51. The Morgan fingerprint density at radius 3 is 2.89 bits per heavy atom. The van der Waals surface area contributed by atoms with E-state index in [1.54, 1.807) is 6.20 Å². The minimum absolute atomic E-state index is 0.0548. The van der Waals surface area contributed by atoms with Crippen LogP contribution < -0.4 is 4.74 Å². The highest BCUT2D eigenvalue weighted by Gasteiger charge is 2.49. The summed E-state index contributed by atoms with van der Waals surface area (Å²) in [6.07, 6.45) is 5.82. The van der Waals surface area contributed by atoms with Gasteiger partial charge in [-0.15, -0.1) is 0 Å². The molecule has 5 rings (SSSR count). The van der Waals surface area contributed by atoms with E-state index in [1.807, 2.05) is 35.2 Å². The van der Waals surface area contributed by atoms with Crippen LogP contribution in [-0.4, -0.2) is 39.5 Å². The highest BCUT2D eigenvalue weighted by molar-refractivity contribution is 6.05. The van der Waals surface area contributed by atoms with Crippen molar-refractivity contribution in [2.45, 2.75) is 31.3 Å². The third-order valence-corrected chi connectivity index (χ3v) is 5.91. The van der Waals surface area contributed by atoms with Crippen molar-refractivity contribution in [2.24, 2.45) is 5.92 Å². The van der Waals surface area contributed by atoms with Gasteiger partial charge in [0.15, 0.2) is 0 Å². The van der Waals surface area contributed by atoms with Crippen molar-refractivity contribution in [1.82, 2.24) is 14.9 Å². The lowest BCUT2D eigenvalue weighted by atomic mass is 9.90. The molecule has 0 aliphatic carbocycles. The van der Waals surface area contributed by atoms with Crippen LogP contribution in [0.15, 0.2) is 54.9 Å². The Morgan fingerprint density at radius 2 is 2.04 bits per heavy atom. The molecule has 1 amide bonds. The first-order valence-electron chi connectivity index (χ1n) is 9.61. The van der Waals surface area contributed by atoms with Crippen molar-refractivity contribution in [1.29, 1.82) is 0 Å². The van der Waals surface area contributed by atoms with Gasteiger partial charge in [0.25, 0.3) is 5.91 Å². The number of halogens is 1. The van der Waals surface area contributed by atoms with Gasteiger partial charge in [0.05, 0.1) is 23.9 Å². The lowest BCUT2D eigenvalue weighted by Gasteiger charge is -2.25. The molecule has 142 valence electrons. The first-order valence-corrected chi connectivity index (χ1v) is 9.61. The Bertz CT molecular complexity index is 1020. The standard InChI is InChI=1S/C22H20FN3O2/c23-16-6-9-20(25-12-16)28-13-15-11-17-7-8-19(15)26(17)22(27)18-5-1-3-14-4-2-10-24-21(14)18/h1-6,9-10,12,15,17,19H,7-8,11,13H2. The minimum Gasteiger partial charge on any atom is -0.477 e. The number of hydrogen-bond donors (Lipinski definition) is 0. The van der Waals surface area contributed by atoms with Crippen molar-refractivity contribution >= 4 is 16.8 Å². The van der Waals surface area contributed by atoms with Crippen LogP contribution in [0.2, 0.25) is 0 Å². The number of fused-ring (bicyclic) bond motifs is 3. The van der Waals surface area contributed by atoms with E-state index < -0.39 is 0 Å². The highest BCUT2D eigenvalue weighted by Crippen LogP contribution is 2.43. The van der Waals surface area contributed by atoms with Crippen LogP contribution in [0.3, 0.4) is 0 Å². The third kappa shape index (κ3) is 2.89. The summed E-state index contributed by atoms with van der Waals surface area (Å²) in [6.45, 7) is 0.483. The molecule has 4 heterocycles. The summed E-state index contributed by atoms with van der Waals surface area (Å²) in [4.78, 5) is 23.8. The fourth-order valence-electron chi connectivity index (χ4n) is 4.66. The van der Waals surface area contributed by atoms with Crippen LogP contribution in [0, 0.1) is 11.7 Å². The van der Waals surface area contributed by atoms with Gasteiger partial charge in [-0.1, -0.05) is 18.2 Å². The zero-order valence-electron chi connectivity index (χ0n) is 15.3. The molecule has 28 heavy (non-hydrogen) atoms. The van der Waals surface area contributed by atoms with E-state index in [4.69, 9.17) is 4.74 Å². The molecule has 1 aromatic carbocycles. The molecule has 2 bridgehead atoms. The fourth-order valence-corrected chi connectivity index (χ4v) is 4.66. The topological polar surface area (TPSA) is 55.3 Å². The number of para-hydroxylation sites is 1. The molecule has 5 nitrogen and oxygen atoms in total. The molecule has 2 aliphatic rings. The van der Waals surface area contributed by atoms with Crippen LogP contribution in [0.25, 0.3) is 10.9 Å². The minimum atomic E-state index is -0.382. The normalized spacial score (nSPS) is 23.3. The molecule has 2 aromatic heterocycles. The number of ether oxygens (including phenoxy) is 1. The second-order valence-electron chi connectivity index (χ2n) is 7.51. The monoisotopic (exact) mass is 377 g/mol. The summed E-state index contributed by atoms with van der Waals surface area (Å²) in [6, 6.07) is 12.9. The van der Waals surface area contributed by atoms with Gasteiger partial charge in [-0.2, -0.15) is 0 Å². The Morgan fingerprint density at radius 1 is 1.14 bits per heavy atom. The fraction of sp³-hybridized carbons (Fsp3) is 0.318. The van der Waals surface area contributed by atoms with E-state index in [0.717, 1.165) is 36.4 Å². The molecule has 0 saturated carbocycles. The summed E-state index contributed by atoms with van der Waals surface area (Å²) in [5.41, 5.74) is 1.42. The second kappa shape index (κ2) is 6.86. The van der Waals surface area contributed by atoms with Gasteiger partial charge >= 0.3 is 0 Å². The van der Waals surface area contributed by atoms with E-state index in [0.29, 0.717) is 18.1 Å². The number of amides is 1. The zero-order chi connectivity index (χ0) is 19.1. The molecule has 2 saturated heterocycles. The number of aromatic nitrogens is 2. The largest absolute Gasteiger partial charge is 0.477 e. The third-order valence-electron chi connectivity index (χ3n) is 5.91. The Balaban J connectivity index is 1.35. The highest BCUT2D eigenvalue weighted by atomic mass is 19.1. The molecular formula is C22H20FN3O2. The molecule has 2 fully saturated rings. The van der Waals surface area contributed by atoms with E-state index in [1.165, 1.54) is 12.1 Å². The maximum Gasteiger partial charge on any atom is 0.256 e. The Kier molecular flexibility index (Phi) is 4.19. The number of pyridine rings is 2. The molecular weight excluding hydrogens is 357 g/mol. The van der Waals surface area contributed by atoms with E-state index in [2.05, 4.69) is 9.97 Å². The smallest absolute Gasteiger partial charge is 0.256 e. The predicted octanol–water partition coefficient (Wildman–Crippen LogP) is 3.84. The Labute approximate surface area is 162 Å². The summed E-state index contributed by atoms with van der Waals surface area (Å²) < 4.78 is 18.8. The van der Waals surface area contributed by atoms with Gasteiger partial charge in [0.1, 0.15) is 5.82 Å². The van der Waals surface area contributed by atoms with Gasteiger partial charge in [0, 0.05) is 35.7 Å². The average molecular weight is 377 g/mol. The molecule has 0 N–H and O–H groups in total. The van der Waals surface area contributed by atoms with Gasteiger partial charge < -0.3 is 9.64 Å². The number of nitrogens with zero attached hydrogens (tertiary/aromatic N) is 3. The molecule has 0 spiro atoms. The van der Waals surface area contributed by atoms with E-state index >= 15 is 0 Å². The molecule has 3 atom stereocenters. The van der Waals surface area contributed by atoms with E-state index in [9.17, 15) is 9.18 Å². The molecule has 3 aromatic rings. The maximum absolute atomic E-state index is 13.4. The summed E-state index contributed by atoms with van der Waals surface area (Å²) >= 11 is 0. The summed E-state index contributed by atoms with van der Waals surface area (Å²) in [5.74, 6) is 0.352. The molecule has 3 unspecified atom stereocenters. The number of hydrogen-bond acceptors (Lipinski definition) is 4. The number of carbonyl (C=O) groups excluding carboxylic acids is 1. The summed E-state index contributed by atoms with van der Waals surface area (Å²) in [7, 11) is 0. The first-order chi connectivity index (χ1) is 13.7. The number of benzene rings is 1. The number of carbonyl (C=O) groups is 1. The lowest BCUT2D eigenvalue weighted by Crippen LogP contribution is -2.37. The van der Waals surface area contributed by atoms with Crippen molar-refractivity contribution in [3.05, 3.63) is 66.2 Å². The van der Waals surface area contributed by atoms with Crippen LogP contribution >= 0.6 is 0 Å². The van der Waals surface area contributed by atoms with Crippen LogP contribution in [0.4, 0.5) is 4.39 Å². The first kappa shape index (κ1) is 17.1. The van der Waals surface area contributed by atoms with Gasteiger partial charge in [-0.25, -0.2) is 9.37 Å². The summed E-state index contributed by atoms with van der Waals surface area (Å²) in [5, 5.41) is 0.974. The van der Waals surface area contributed by atoms with Crippen molar-refractivity contribution in [3.8, 4) is 5.88 Å². The average Bonchev–Trinajstić information content (AvgIpc) is 3.30. The van der Waals surface area contributed by atoms with E-state index in [-0.39, 0.29) is 29.7 Å². The molecule has 0 radical (unpaired) electrons. The maximum atomic E-state index is 13.4. The van der Waals surface area contributed by atoms with Crippen LogP contribution in [0.1, 0.15) is 29.6 Å². The van der Waals surface area contributed by atoms with Crippen molar-refractivity contribution in [3.63, 3.8) is 0 Å². The SMILES string of the molecule is O=C(c1cccc2cccnc12)N1C2CCC1C(COc1ccc(F)cn1)C2. The molecule has 2 aliphatic heterocycles. The predicted molar refractivity (Wildman–Crippen MR) is 103 cm³/mol. The number of rotatable bonds is 4. The van der Waals surface area contributed by atoms with Crippen molar-refractivity contribution < 1.29 is 13.9 Å². The lowest BCUT2D eigenvalue weighted by molar-refractivity contribution is 0.0711. The quantitative estimate of drug-likeness (QED) is 0.693. The van der Waals surface area contributed by atoms with Crippen molar-refractivity contribution in [2.75, 3.05) is 6.61 Å².